The van der Waals surface area contributed by atoms with Crippen LogP contribution in [0.15, 0.2) is 53.5 Å². The third-order valence-corrected chi connectivity index (χ3v) is 4.24. The van der Waals surface area contributed by atoms with E-state index >= 15 is 0 Å². The van der Waals surface area contributed by atoms with Crippen molar-refractivity contribution in [3.63, 3.8) is 0 Å². The zero-order valence-electron chi connectivity index (χ0n) is 15.3. The van der Waals surface area contributed by atoms with Gasteiger partial charge in [0.25, 0.3) is 5.56 Å². The molecule has 3 aromatic rings. The molecule has 0 radical (unpaired) electrons. The Morgan fingerprint density at radius 2 is 1.89 bits per heavy atom. The van der Waals surface area contributed by atoms with E-state index in [4.69, 9.17) is 9.47 Å². The molecule has 27 heavy (non-hydrogen) atoms. The molecule has 2 aromatic carbocycles. The molecule has 140 valence electrons. The van der Waals surface area contributed by atoms with E-state index in [-0.39, 0.29) is 18.0 Å². The van der Waals surface area contributed by atoms with E-state index in [1.54, 1.807) is 26.4 Å². The summed E-state index contributed by atoms with van der Waals surface area (Å²) in [6, 6.07) is 12.9. The van der Waals surface area contributed by atoms with Crippen molar-refractivity contribution in [2.75, 3.05) is 20.8 Å². The summed E-state index contributed by atoms with van der Waals surface area (Å²) >= 11 is 0. The van der Waals surface area contributed by atoms with Gasteiger partial charge in [0, 0.05) is 6.54 Å². The van der Waals surface area contributed by atoms with Crippen LogP contribution in [0.4, 0.5) is 0 Å². The summed E-state index contributed by atoms with van der Waals surface area (Å²) in [5.41, 5.74) is 2.03. The lowest BCUT2D eigenvalue weighted by molar-refractivity contribution is -0.121. The number of carbonyl (C=O) groups is 1. The molecule has 7 heteroatoms. The number of aromatic nitrogens is 2. The first-order chi connectivity index (χ1) is 13.1. The van der Waals surface area contributed by atoms with Crippen LogP contribution in [-0.2, 0) is 17.8 Å². The van der Waals surface area contributed by atoms with Gasteiger partial charge in [-0.3, -0.25) is 14.2 Å². The minimum Gasteiger partial charge on any atom is -0.493 e. The monoisotopic (exact) mass is 367 g/mol. The summed E-state index contributed by atoms with van der Waals surface area (Å²) in [5, 5.41) is 2.85. The molecule has 0 saturated carbocycles. The molecule has 0 unspecified atom stereocenters. The molecule has 0 bridgehead atoms. The number of carbonyl (C=O) groups excluding carboxylic acids is 1. The van der Waals surface area contributed by atoms with Crippen LogP contribution in [0.1, 0.15) is 5.56 Å². The molecule has 0 fully saturated rings. The number of hydrogen-bond donors (Lipinski definition) is 1. The lowest BCUT2D eigenvalue weighted by atomic mass is 10.1. The quantitative estimate of drug-likeness (QED) is 0.688. The number of ether oxygens (including phenoxy) is 2. The average molecular weight is 367 g/mol. The van der Waals surface area contributed by atoms with Gasteiger partial charge in [0.2, 0.25) is 5.91 Å². The lowest BCUT2D eigenvalue weighted by Gasteiger charge is -2.11. The maximum atomic E-state index is 12.3. The standard InChI is InChI=1S/C20H21N3O4/c1-26-17-8-7-14(11-18(17)27-2)9-10-21-19(24)13-23-16-6-4-3-5-15(16)22-12-20(23)25/h3-8,11-12H,9-10,13H2,1-2H3,(H,21,24). The first-order valence-corrected chi connectivity index (χ1v) is 8.54. The predicted octanol–water partition coefficient (Wildman–Crippen LogP) is 1.77. The molecule has 0 saturated heterocycles. The van der Waals surface area contributed by atoms with Crippen molar-refractivity contribution in [1.82, 2.24) is 14.9 Å². The van der Waals surface area contributed by atoms with Gasteiger partial charge in [-0.1, -0.05) is 18.2 Å². The third-order valence-electron chi connectivity index (χ3n) is 4.24. The van der Waals surface area contributed by atoms with E-state index in [0.717, 1.165) is 5.56 Å². The van der Waals surface area contributed by atoms with Crippen LogP contribution in [0.2, 0.25) is 0 Å². The maximum Gasteiger partial charge on any atom is 0.269 e. The van der Waals surface area contributed by atoms with Gasteiger partial charge in [-0.15, -0.1) is 0 Å². The van der Waals surface area contributed by atoms with E-state index in [1.807, 2.05) is 30.3 Å². The second-order valence-electron chi connectivity index (χ2n) is 5.96. The van der Waals surface area contributed by atoms with Crippen LogP contribution < -0.4 is 20.3 Å². The average Bonchev–Trinajstić information content (AvgIpc) is 2.70. The Balaban J connectivity index is 1.63. The SMILES string of the molecule is COc1ccc(CCNC(=O)Cn2c(=O)cnc3ccccc32)cc1OC. The Labute approximate surface area is 156 Å². The van der Waals surface area contributed by atoms with E-state index in [2.05, 4.69) is 10.3 Å². The van der Waals surface area contributed by atoms with Crippen LogP contribution in [0.3, 0.4) is 0 Å². The highest BCUT2D eigenvalue weighted by Gasteiger charge is 2.09. The van der Waals surface area contributed by atoms with Gasteiger partial charge < -0.3 is 14.8 Å². The summed E-state index contributed by atoms with van der Waals surface area (Å²) in [4.78, 5) is 28.5. The second-order valence-corrected chi connectivity index (χ2v) is 5.96. The molecule has 1 N–H and O–H groups in total. The topological polar surface area (TPSA) is 82.5 Å². The van der Waals surface area contributed by atoms with Crippen molar-refractivity contribution in [3.8, 4) is 11.5 Å². The van der Waals surface area contributed by atoms with Gasteiger partial charge in [0.15, 0.2) is 11.5 Å². The summed E-state index contributed by atoms with van der Waals surface area (Å²) in [7, 11) is 3.17. The first-order valence-electron chi connectivity index (χ1n) is 8.54. The summed E-state index contributed by atoms with van der Waals surface area (Å²) < 4.78 is 11.9. The number of fused-ring (bicyclic) bond motifs is 1. The van der Waals surface area contributed by atoms with Crippen molar-refractivity contribution in [3.05, 3.63) is 64.6 Å². The molecule has 0 aliphatic heterocycles. The molecule has 1 heterocycles. The summed E-state index contributed by atoms with van der Waals surface area (Å²) in [6.45, 7) is 0.403. The van der Waals surface area contributed by atoms with Crippen LogP contribution >= 0.6 is 0 Å². The zero-order chi connectivity index (χ0) is 19.2. The van der Waals surface area contributed by atoms with Gasteiger partial charge >= 0.3 is 0 Å². The lowest BCUT2D eigenvalue weighted by Crippen LogP contribution is -2.33. The zero-order valence-corrected chi connectivity index (χ0v) is 15.3. The van der Waals surface area contributed by atoms with Crippen molar-refractivity contribution in [1.29, 1.82) is 0 Å². The number of para-hydroxylation sites is 2. The number of methoxy groups -OCH3 is 2. The van der Waals surface area contributed by atoms with E-state index < -0.39 is 0 Å². The molecule has 7 nitrogen and oxygen atoms in total. The fourth-order valence-corrected chi connectivity index (χ4v) is 2.86. The number of nitrogens with one attached hydrogen (secondary N) is 1. The predicted molar refractivity (Wildman–Crippen MR) is 102 cm³/mol. The molecule has 0 aliphatic carbocycles. The Morgan fingerprint density at radius 1 is 1.11 bits per heavy atom. The van der Waals surface area contributed by atoms with Gasteiger partial charge in [-0.05, 0) is 36.2 Å². The molecule has 1 amide bonds. The minimum absolute atomic E-state index is 0.0478. The number of rotatable bonds is 7. The Kier molecular flexibility index (Phi) is 5.71. The van der Waals surface area contributed by atoms with Crippen LogP contribution in [0.5, 0.6) is 11.5 Å². The number of benzene rings is 2. The molecule has 1 aromatic heterocycles. The third kappa shape index (κ3) is 4.25. The fourth-order valence-electron chi connectivity index (χ4n) is 2.86. The Hall–Kier alpha value is -3.35. The van der Waals surface area contributed by atoms with Gasteiger partial charge in [0.05, 0.1) is 31.4 Å². The van der Waals surface area contributed by atoms with Crippen LogP contribution in [-0.4, -0.2) is 36.2 Å². The highest BCUT2D eigenvalue weighted by Crippen LogP contribution is 2.27. The highest BCUT2D eigenvalue weighted by molar-refractivity contribution is 5.79. The number of amides is 1. The highest BCUT2D eigenvalue weighted by atomic mass is 16.5. The molecular weight excluding hydrogens is 346 g/mol. The smallest absolute Gasteiger partial charge is 0.269 e. The van der Waals surface area contributed by atoms with E-state index in [0.29, 0.717) is 35.5 Å². The molecule has 0 aliphatic rings. The molecule has 0 spiro atoms. The largest absolute Gasteiger partial charge is 0.493 e. The molecular formula is C20H21N3O4. The first kappa shape index (κ1) is 18.4. The van der Waals surface area contributed by atoms with Gasteiger partial charge in [-0.2, -0.15) is 0 Å². The van der Waals surface area contributed by atoms with Gasteiger partial charge in [-0.25, -0.2) is 4.98 Å². The molecule has 0 atom stereocenters. The van der Waals surface area contributed by atoms with Crippen molar-refractivity contribution in [2.24, 2.45) is 0 Å². The maximum absolute atomic E-state index is 12.3. The Bertz CT molecular complexity index is 1010. The minimum atomic E-state index is -0.302. The van der Waals surface area contributed by atoms with E-state index in [9.17, 15) is 9.59 Å². The number of nitrogens with zero attached hydrogens (tertiary/aromatic N) is 2. The molecule has 3 rings (SSSR count). The fraction of sp³-hybridized carbons (Fsp3) is 0.250. The summed E-state index contributed by atoms with van der Waals surface area (Å²) in [5.74, 6) is 1.08. The Morgan fingerprint density at radius 3 is 2.67 bits per heavy atom. The van der Waals surface area contributed by atoms with Crippen molar-refractivity contribution >= 4 is 16.9 Å². The summed E-state index contributed by atoms with van der Waals surface area (Å²) in [6.07, 6.45) is 1.87. The number of hydrogen-bond acceptors (Lipinski definition) is 5. The van der Waals surface area contributed by atoms with E-state index in [1.165, 1.54) is 10.8 Å². The normalized spacial score (nSPS) is 10.6. The van der Waals surface area contributed by atoms with Crippen LogP contribution in [0.25, 0.3) is 11.0 Å². The van der Waals surface area contributed by atoms with Gasteiger partial charge in [0.1, 0.15) is 6.54 Å². The van der Waals surface area contributed by atoms with Crippen molar-refractivity contribution in [2.45, 2.75) is 13.0 Å². The van der Waals surface area contributed by atoms with Crippen LogP contribution in [0, 0.1) is 0 Å². The second kappa shape index (κ2) is 8.35. The van der Waals surface area contributed by atoms with Crippen molar-refractivity contribution < 1.29 is 14.3 Å².